The molecule has 0 saturated heterocycles. The zero-order valence-corrected chi connectivity index (χ0v) is 10.1. The summed E-state index contributed by atoms with van der Waals surface area (Å²) in [5.41, 5.74) is -0.684. The van der Waals surface area contributed by atoms with Gasteiger partial charge in [-0.1, -0.05) is 0 Å². The van der Waals surface area contributed by atoms with Gasteiger partial charge in [-0.15, -0.1) is 0 Å². The first kappa shape index (κ1) is 14.6. The first-order valence-electron chi connectivity index (χ1n) is 5.04. The molecule has 5 heteroatoms. The van der Waals surface area contributed by atoms with E-state index in [9.17, 15) is 14.4 Å². The van der Waals surface area contributed by atoms with Crippen molar-refractivity contribution >= 4 is 18.2 Å². The molecule has 0 rings (SSSR count). The molecule has 0 aromatic carbocycles. The van der Waals surface area contributed by atoms with E-state index in [0.29, 0.717) is 19.1 Å². The fourth-order valence-corrected chi connectivity index (χ4v) is 1.25. The predicted octanol–water partition coefficient (Wildman–Crippen LogP) is 1.10. The number of esters is 2. The fourth-order valence-electron chi connectivity index (χ4n) is 1.25. The quantitative estimate of drug-likeness (QED) is 0.504. The van der Waals surface area contributed by atoms with Gasteiger partial charge in [-0.2, -0.15) is 0 Å². The molecule has 0 aliphatic rings. The number of rotatable bonds is 6. The lowest BCUT2D eigenvalue weighted by Gasteiger charge is -2.22. The molecule has 92 valence electrons. The second-order valence-electron chi connectivity index (χ2n) is 4.20. The maximum atomic E-state index is 11.3. The molecule has 0 spiro atoms. The van der Waals surface area contributed by atoms with E-state index in [-0.39, 0.29) is 5.97 Å². The molecule has 5 nitrogen and oxygen atoms in total. The van der Waals surface area contributed by atoms with E-state index in [2.05, 4.69) is 4.74 Å². The van der Waals surface area contributed by atoms with E-state index < -0.39 is 17.5 Å². The number of hydrogen-bond acceptors (Lipinski definition) is 5. The van der Waals surface area contributed by atoms with Gasteiger partial charge in [0, 0.05) is 6.92 Å². The van der Waals surface area contributed by atoms with E-state index in [4.69, 9.17) is 4.74 Å². The van der Waals surface area contributed by atoms with Crippen LogP contribution in [0.2, 0.25) is 0 Å². The standard InChI is InChI=1S/C11H18O5/c1-8(13)16-9(7-12)5-6-11(2,3)10(14)15-4/h7,9H,5-6H2,1-4H3. The van der Waals surface area contributed by atoms with E-state index in [1.54, 1.807) is 13.8 Å². The molecule has 0 radical (unpaired) electrons. The highest BCUT2D eigenvalue weighted by Gasteiger charge is 2.29. The maximum Gasteiger partial charge on any atom is 0.311 e. The second-order valence-corrected chi connectivity index (χ2v) is 4.20. The van der Waals surface area contributed by atoms with Gasteiger partial charge in [0.05, 0.1) is 12.5 Å². The number of hydrogen-bond donors (Lipinski definition) is 0. The summed E-state index contributed by atoms with van der Waals surface area (Å²) in [6.45, 7) is 4.67. The summed E-state index contributed by atoms with van der Waals surface area (Å²) in [4.78, 5) is 32.6. The molecule has 0 aliphatic heterocycles. The Morgan fingerprint density at radius 1 is 1.38 bits per heavy atom. The van der Waals surface area contributed by atoms with Crippen LogP contribution in [0.1, 0.15) is 33.6 Å². The Hall–Kier alpha value is -1.39. The van der Waals surface area contributed by atoms with Crippen LogP contribution in [0.3, 0.4) is 0 Å². The molecular weight excluding hydrogens is 212 g/mol. The Balaban J connectivity index is 4.24. The van der Waals surface area contributed by atoms with Crippen molar-refractivity contribution in [2.75, 3.05) is 7.11 Å². The van der Waals surface area contributed by atoms with E-state index in [0.717, 1.165) is 0 Å². The summed E-state index contributed by atoms with van der Waals surface area (Å²) < 4.78 is 9.38. The molecule has 0 fully saturated rings. The normalized spacial score (nSPS) is 12.8. The van der Waals surface area contributed by atoms with Crippen LogP contribution in [0.25, 0.3) is 0 Å². The van der Waals surface area contributed by atoms with Crippen LogP contribution in [0.5, 0.6) is 0 Å². The molecule has 0 N–H and O–H groups in total. The summed E-state index contributed by atoms with van der Waals surface area (Å²) in [5.74, 6) is -0.854. The molecule has 0 aromatic rings. The Morgan fingerprint density at radius 3 is 2.31 bits per heavy atom. The second kappa shape index (κ2) is 6.25. The van der Waals surface area contributed by atoms with Crippen LogP contribution in [0, 0.1) is 5.41 Å². The number of methoxy groups -OCH3 is 1. The van der Waals surface area contributed by atoms with Gasteiger partial charge in [-0.05, 0) is 26.7 Å². The van der Waals surface area contributed by atoms with Crippen molar-refractivity contribution in [3.63, 3.8) is 0 Å². The van der Waals surface area contributed by atoms with Crippen LogP contribution in [0.4, 0.5) is 0 Å². The molecule has 1 atom stereocenters. The molecule has 0 aliphatic carbocycles. The van der Waals surface area contributed by atoms with Crippen molar-refractivity contribution in [1.82, 2.24) is 0 Å². The highest BCUT2D eigenvalue weighted by Crippen LogP contribution is 2.25. The average molecular weight is 230 g/mol. The van der Waals surface area contributed by atoms with Gasteiger partial charge in [-0.25, -0.2) is 0 Å². The Labute approximate surface area is 95.1 Å². The Kier molecular flexibility index (Phi) is 5.71. The van der Waals surface area contributed by atoms with Crippen molar-refractivity contribution < 1.29 is 23.9 Å². The van der Waals surface area contributed by atoms with Gasteiger partial charge in [0.15, 0.2) is 12.4 Å². The molecule has 16 heavy (non-hydrogen) atoms. The van der Waals surface area contributed by atoms with Crippen LogP contribution in [0.15, 0.2) is 0 Å². The highest BCUT2D eigenvalue weighted by molar-refractivity contribution is 5.75. The Morgan fingerprint density at radius 2 is 1.94 bits per heavy atom. The summed E-state index contributed by atoms with van der Waals surface area (Å²) in [6, 6.07) is 0. The molecule has 0 amide bonds. The van der Waals surface area contributed by atoms with Gasteiger partial charge in [0.2, 0.25) is 0 Å². The van der Waals surface area contributed by atoms with Gasteiger partial charge in [-0.3, -0.25) is 14.4 Å². The van der Waals surface area contributed by atoms with E-state index >= 15 is 0 Å². The lowest BCUT2D eigenvalue weighted by molar-refractivity contribution is -0.153. The van der Waals surface area contributed by atoms with E-state index in [1.807, 2.05) is 0 Å². The summed E-state index contributed by atoms with van der Waals surface area (Å²) >= 11 is 0. The van der Waals surface area contributed by atoms with Crippen molar-refractivity contribution in [1.29, 1.82) is 0 Å². The Bertz CT molecular complexity index is 270. The van der Waals surface area contributed by atoms with Gasteiger partial charge in [0.1, 0.15) is 0 Å². The van der Waals surface area contributed by atoms with Crippen molar-refractivity contribution in [3.8, 4) is 0 Å². The van der Waals surface area contributed by atoms with Crippen LogP contribution >= 0.6 is 0 Å². The molecule has 0 aromatic heterocycles. The number of carbonyl (C=O) groups excluding carboxylic acids is 3. The lowest BCUT2D eigenvalue weighted by atomic mass is 9.87. The molecular formula is C11H18O5. The average Bonchev–Trinajstić information content (AvgIpc) is 2.22. The van der Waals surface area contributed by atoms with E-state index in [1.165, 1.54) is 14.0 Å². The third-order valence-corrected chi connectivity index (χ3v) is 2.26. The zero-order valence-electron chi connectivity index (χ0n) is 10.1. The SMILES string of the molecule is COC(=O)C(C)(C)CCC(C=O)OC(C)=O. The van der Waals surface area contributed by atoms with Crippen LogP contribution < -0.4 is 0 Å². The monoisotopic (exact) mass is 230 g/mol. The van der Waals surface area contributed by atoms with Gasteiger partial charge < -0.3 is 9.47 Å². The van der Waals surface area contributed by atoms with Crippen LogP contribution in [-0.4, -0.2) is 31.4 Å². The molecule has 1 unspecified atom stereocenters. The fraction of sp³-hybridized carbons (Fsp3) is 0.727. The third-order valence-electron chi connectivity index (χ3n) is 2.26. The summed E-state index contributed by atoms with van der Waals surface area (Å²) in [7, 11) is 1.31. The molecule has 0 saturated carbocycles. The zero-order chi connectivity index (χ0) is 12.8. The molecule has 0 heterocycles. The molecule has 0 bridgehead atoms. The highest BCUT2D eigenvalue weighted by atomic mass is 16.5. The minimum atomic E-state index is -0.790. The number of carbonyl (C=O) groups is 3. The number of aldehydes is 1. The minimum absolute atomic E-state index is 0.311. The van der Waals surface area contributed by atoms with Crippen molar-refractivity contribution in [2.24, 2.45) is 5.41 Å². The summed E-state index contributed by atoms with van der Waals surface area (Å²) in [6.07, 6.45) is 0.498. The predicted molar refractivity (Wildman–Crippen MR) is 56.6 cm³/mol. The van der Waals surface area contributed by atoms with Gasteiger partial charge in [0.25, 0.3) is 0 Å². The lowest BCUT2D eigenvalue weighted by Crippen LogP contribution is -2.28. The maximum absolute atomic E-state index is 11.3. The minimum Gasteiger partial charge on any atom is -0.469 e. The summed E-state index contributed by atoms with van der Waals surface area (Å²) in [5, 5.41) is 0. The first-order valence-corrected chi connectivity index (χ1v) is 5.04. The first-order chi connectivity index (χ1) is 7.33. The van der Waals surface area contributed by atoms with Crippen molar-refractivity contribution in [2.45, 2.75) is 39.7 Å². The van der Waals surface area contributed by atoms with Gasteiger partial charge >= 0.3 is 11.9 Å². The topological polar surface area (TPSA) is 69.7 Å². The number of ether oxygens (including phenoxy) is 2. The largest absolute Gasteiger partial charge is 0.469 e. The van der Waals surface area contributed by atoms with Crippen molar-refractivity contribution in [3.05, 3.63) is 0 Å². The third kappa shape index (κ3) is 4.91. The van der Waals surface area contributed by atoms with Crippen LogP contribution in [-0.2, 0) is 23.9 Å². The smallest absolute Gasteiger partial charge is 0.311 e.